The first kappa shape index (κ1) is 14.0. The molecule has 1 aliphatic rings. The summed E-state index contributed by atoms with van der Waals surface area (Å²) in [6.07, 6.45) is 0. The van der Waals surface area contributed by atoms with Crippen LogP contribution in [0.1, 0.15) is 10.4 Å². The molecule has 0 bridgehead atoms. The van der Waals surface area contributed by atoms with Crippen LogP contribution in [0.4, 0.5) is 0 Å². The van der Waals surface area contributed by atoms with Crippen molar-refractivity contribution in [1.82, 2.24) is 4.90 Å². The topological polar surface area (TPSA) is 59.0 Å². The lowest BCUT2D eigenvalue weighted by Gasteiger charge is -2.33. The smallest absolute Gasteiger partial charge is 0.176 e. The molecular weight excluding hydrogens is 246 g/mol. The molecule has 0 radical (unpaired) electrons. The maximum Gasteiger partial charge on any atom is 0.176 e. The molecule has 0 saturated carbocycles. The van der Waals surface area contributed by atoms with E-state index < -0.39 is 0 Å². The lowest BCUT2D eigenvalue weighted by Crippen LogP contribution is -2.49. The van der Waals surface area contributed by atoms with Gasteiger partial charge in [0.2, 0.25) is 0 Å². The van der Waals surface area contributed by atoms with Crippen LogP contribution in [0.2, 0.25) is 0 Å². The number of hydrogen-bond acceptors (Lipinski definition) is 5. The standard InChI is InChI=1S/C14H19NO4/c1-18-13-4-2-3-11(7-13)14(17)8-15-5-6-19-10-12(15)9-16/h2-4,7,12,16H,5-6,8-10H2,1H3. The Kier molecular flexibility index (Phi) is 4.90. The number of methoxy groups -OCH3 is 1. The summed E-state index contributed by atoms with van der Waals surface area (Å²) in [4.78, 5) is 14.2. The van der Waals surface area contributed by atoms with E-state index in [9.17, 15) is 9.90 Å². The summed E-state index contributed by atoms with van der Waals surface area (Å²) in [6.45, 7) is 2.04. The van der Waals surface area contributed by atoms with Gasteiger partial charge in [-0.1, -0.05) is 12.1 Å². The number of aliphatic hydroxyl groups is 1. The number of Topliss-reactive ketones (excluding diaryl/α,β-unsaturated/α-hetero) is 1. The Morgan fingerprint density at radius 1 is 1.58 bits per heavy atom. The number of nitrogens with zero attached hydrogens (tertiary/aromatic N) is 1. The molecule has 0 spiro atoms. The minimum absolute atomic E-state index is 0.00535. The van der Waals surface area contributed by atoms with Crippen molar-refractivity contribution in [3.63, 3.8) is 0 Å². The molecule has 19 heavy (non-hydrogen) atoms. The van der Waals surface area contributed by atoms with Gasteiger partial charge in [0, 0.05) is 12.1 Å². The normalized spacial score (nSPS) is 20.2. The van der Waals surface area contributed by atoms with E-state index in [1.165, 1.54) is 0 Å². The summed E-state index contributed by atoms with van der Waals surface area (Å²) >= 11 is 0. The molecule has 1 aromatic rings. The molecule has 1 heterocycles. The third-order valence-corrected chi connectivity index (χ3v) is 3.30. The van der Waals surface area contributed by atoms with E-state index in [1.54, 1.807) is 25.3 Å². The predicted molar refractivity (Wildman–Crippen MR) is 70.6 cm³/mol. The molecule has 1 atom stereocenters. The molecule has 104 valence electrons. The zero-order valence-electron chi connectivity index (χ0n) is 11.0. The highest BCUT2D eigenvalue weighted by atomic mass is 16.5. The van der Waals surface area contributed by atoms with E-state index in [0.29, 0.717) is 37.6 Å². The fourth-order valence-electron chi connectivity index (χ4n) is 2.14. The number of rotatable bonds is 5. The monoisotopic (exact) mass is 265 g/mol. The Hall–Kier alpha value is -1.43. The summed E-state index contributed by atoms with van der Waals surface area (Å²) in [5, 5.41) is 9.27. The zero-order valence-corrected chi connectivity index (χ0v) is 11.0. The zero-order chi connectivity index (χ0) is 13.7. The van der Waals surface area contributed by atoms with E-state index in [2.05, 4.69) is 0 Å². The Bertz CT molecular complexity index is 435. The van der Waals surface area contributed by atoms with Gasteiger partial charge < -0.3 is 14.6 Å². The van der Waals surface area contributed by atoms with E-state index in [0.717, 1.165) is 0 Å². The Morgan fingerprint density at radius 2 is 2.42 bits per heavy atom. The van der Waals surface area contributed by atoms with Crippen molar-refractivity contribution in [1.29, 1.82) is 0 Å². The van der Waals surface area contributed by atoms with E-state index in [-0.39, 0.29) is 18.4 Å². The van der Waals surface area contributed by atoms with Gasteiger partial charge in [0.25, 0.3) is 0 Å². The number of ketones is 1. The van der Waals surface area contributed by atoms with Gasteiger partial charge in [0.05, 0.1) is 39.5 Å². The second-order valence-corrected chi connectivity index (χ2v) is 4.54. The largest absolute Gasteiger partial charge is 0.497 e. The van der Waals surface area contributed by atoms with Gasteiger partial charge in [-0.25, -0.2) is 0 Å². The first-order valence-electron chi connectivity index (χ1n) is 6.34. The first-order chi connectivity index (χ1) is 9.24. The van der Waals surface area contributed by atoms with Gasteiger partial charge in [-0.15, -0.1) is 0 Å². The molecule has 0 aromatic heterocycles. The summed E-state index contributed by atoms with van der Waals surface area (Å²) in [5.74, 6) is 0.700. The van der Waals surface area contributed by atoms with Gasteiger partial charge in [0.15, 0.2) is 5.78 Å². The van der Waals surface area contributed by atoms with Crippen LogP contribution in [0.15, 0.2) is 24.3 Å². The van der Waals surface area contributed by atoms with Gasteiger partial charge in [-0.2, -0.15) is 0 Å². The van der Waals surface area contributed by atoms with Crippen molar-refractivity contribution in [2.24, 2.45) is 0 Å². The van der Waals surface area contributed by atoms with Crippen molar-refractivity contribution in [3.05, 3.63) is 29.8 Å². The fraction of sp³-hybridized carbons (Fsp3) is 0.500. The molecule has 5 heteroatoms. The maximum absolute atomic E-state index is 12.2. The third-order valence-electron chi connectivity index (χ3n) is 3.30. The van der Waals surface area contributed by atoms with Crippen molar-refractivity contribution < 1.29 is 19.4 Å². The van der Waals surface area contributed by atoms with Gasteiger partial charge in [0.1, 0.15) is 5.75 Å². The molecule has 5 nitrogen and oxygen atoms in total. The average Bonchev–Trinajstić information content (AvgIpc) is 2.47. The molecule has 1 aliphatic heterocycles. The second kappa shape index (κ2) is 6.65. The molecule has 1 fully saturated rings. The fourth-order valence-corrected chi connectivity index (χ4v) is 2.14. The second-order valence-electron chi connectivity index (χ2n) is 4.54. The van der Waals surface area contributed by atoms with Crippen LogP contribution >= 0.6 is 0 Å². The SMILES string of the molecule is COc1cccc(C(=O)CN2CCOCC2CO)c1. The number of hydrogen-bond donors (Lipinski definition) is 1. The summed E-state index contributed by atoms with van der Waals surface area (Å²) in [5.41, 5.74) is 0.627. The number of carbonyl (C=O) groups excluding carboxylic acids is 1. The lowest BCUT2D eigenvalue weighted by molar-refractivity contribution is -0.0240. The first-order valence-corrected chi connectivity index (χ1v) is 6.34. The summed E-state index contributed by atoms with van der Waals surface area (Å²) < 4.78 is 10.4. The quantitative estimate of drug-likeness (QED) is 0.789. The minimum Gasteiger partial charge on any atom is -0.497 e. The van der Waals surface area contributed by atoms with Crippen LogP contribution in [0.25, 0.3) is 0 Å². The van der Waals surface area contributed by atoms with E-state index in [4.69, 9.17) is 9.47 Å². The predicted octanol–water partition coefficient (Wildman–Crippen LogP) is 0.571. The van der Waals surface area contributed by atoms with Crippen molar-refractivity contribution in [2.75, 3.05) is 40.0 Å². The average molecular weight is 265 g/mol. The van der Waals surface area contributed by atoms with Crippen LogP contribution in [-0.2, 0) is 4.74 Å². The molecule has 1 aromatic carbocycles. The van der Waals surface area contributed by atoms with Gasteiger partial charge in [-0.3, -0.25) is 9.69 Å². The Balaban J connectivity index is 2.02. The van der Waals surface area contributed by atoms with Crippen LogP contribution < -0.4 is 4.74 Å². The Morgan fingerprint density at radius 3 is 3.16 bits per heavy atom. The number of ether oxygens (including phenoxy) is 2. The molecular formula is C14H19NO4. The number of carbonyl (C=O) groups is 1. The lowest BCUT2D eigenvalue weighted by atomic mass is 10.1. The van der Waals surface area contributed by atoms with Crippen molar-refractivity contribution >= 4 is 5.78 Å². The molecule has 0 amide bonds. The van der Waals surface area contributed by atoms with Crippen LogP contribution in [-0.4, -0.2) is 61.9 Å². The van der Waals surface area contributed by atoms with E-state index in [1.807, 2.05) is 11.0 Å². The highest BCUT2D eigenvalue weighted by Gasteiger charge is 2.24. The molecule has 2 rings (SSSR count). The number of morpholine rings is 1. The number of benzene rings is 1. The third kappa shape index (κ3) is 3.53. The maximum atomic E-state index is 12.2. The van der Waals surface area contributed by atoms with Crippen LogP contribution in [0, 0.1) is 0 Å². The molecule has 0 aliphatic carbocycles. The highest BCUT2D eigenvalue weighted by Crippen LogP contribution is 2.14. The summed E-state index contributed by atoms with van der Waals surface area (Å²) in [7, 11) is 1.58. The minimum atomic E-state index is -0.0942. The molecule has 1 unspecified atom stereocenters. The highest BCUT2D eigenvalue weighted by molar-refractivity contribution is 5.98. The number of aliphatic hydroxyl groups excluding tert-OH is 1. The van der Waals surface area contributed by atoms with Crippen molar-refractivity contribution in [3.8, 4) is 5.75 Å². The van der Waals surface area contributed by atoms with Crippen LogP contribution in [0.5, 0.6) is 5.75 Å². The summed E-state index contributed by atoms with van der Waals surface area (Å²) in [6, 6.07) is 7.02. The molecule has 1 N–H and O–H groups in total. The van der Waals surface area contributed by atoms with Crippen LogP contribution in [0.3, 0.4) is 0 Å². The Labute approximate surface area is 112 Å². The van der Waals surface area contributed by atoms with E-state index >= 15 is 0 Å². The van der Waals surface area contributed by atoms with Gasteiger partial charge in [-0.05, 0) is 12.1 Å². The van der Waals surface area contributed by atoms with Crippen molar-refractivity contribution in [2.45, 2.75) is 6.04 Å². The van der Waals surface area contributed by atoms with Gasteiger partial charge >= 0.3 is 0 Å². The molecule has 1 saturated heterocycles.